The van der Waals surface area contributed by atoms with Crippen LogP contribution in [0.3, 0.4) is 0 Å². The standard InChI is InChI=1S/C34H36N6O6S2/c1-19-15-35-29(20(2)31(19)44-5)17-47(41)34-38-26-10-8-24(14-28(26)40-34)46-12-11-22-16-36-30(21(3)32(22)45-6)18-48(42)33-37-25-9-7-23(43-4)13-27(25)39-33/h7-10,13-16H,11-12,17-18H2,1-6H3,(H,37,39)(H,38,40). The van der Waals surface area contributed by atoms with Crippen LogP contribution in [0.1, 0.15) is 33.6 Å². The number of aromatic amines is 2. The maximum Gasteiger partial charge on any atom is 0.197 e. The Balaban J connectivity index is 1.09. The summed E-state index contributed by atoms with van der Waals surface area (Å²) in [5, 5.41) is 0.748. The minimum absolute atomic E-state index is 0.183. The Labute approximate surface area is 282 Å². The van der Waals surface area contributed by atoms with E-state index in [4.69, 9.17) is 18.9 Å². The average molecular weight is 689 g/mol. The van der Waals surface area contributed by atoms with Gasteiger partial charge in [0.1, 0.15) is 23.0 Å². The van der Waals surface area contributed by atoms with E-state index in [2.05, 4.69) is 29.9 Å². The molecule has 4 aromatic heterocycles. The van der Waals surface area contributed by atoms with Gasteiger partial charge in [0.2, 0.25) is 0 Å². The summed E-state index contributed by atoms with van der Waals surface area (Å²) in [6.07, 6.45) is 4.01. The number of hydrogen-bond donors (Lipinski definition) is 2. The van der Waals surface area contributed by atoms with Gasteiger partial charge in [0.05, 0.1) is 94.5 Å². The molecular weight excluding hydrogens is 653 g/mol. The number of methoxy groups -OCH3 is 3. The van der Waals surface area contributed by atoms with E-state index in [0.717, 1.165) is 39.0 Å². The SMILES string of the molecule is COc1ccc2nc(S(=O)Cc3ncc(CCOc4ccc5nc(S(=O)Cc6ncc(C)c(OC)c6C)[nH]c5c4)c(OC)c3C)[nH]c2c1. The van der Waals surface area contributed by atoms with Crippen molar-refractivity contribution < 1.29 is 27.4 Å². The molecule has 0 aliphatic heterocycles. The van der Waals surface area contributed by atoms with Gasteiger partial charge < -0.3 is 28.9 Å². The largest absolute Gasteiger partial charge is 0.497 e. The van der Waals surface area contributed by atoms with Crippen molar-refractivity contribution in [3.8, 4) is 23.0 Å². The van der Waals surface area contributed by atoms with E-state index in [0.29, 0.717) is 63.0 Å². The molecule has 2 aromatic carbocycles. The molecule has 12 nitrogen and oxygen atoms in total. The molecule has 14 heteroatoms. The highest BCUT2D eigenvalue weighted by atomic mass is 32.2. The van der Waals surface area contributed by atoms with Crippen LogP contribution in [0.15, 0.2) is 59.1 Å². The number of fused-ring (bicyclic) bond motifs is 2. The molecule has 6 rings (SSSR count). The third-order valence-corrected chi connectivity index (χ3v) is 10.4. The van der Waals surface area contributed by atoms with Crippen molar-refractivity contribution in [2.45, 2.75) is 49.0 Å². The molecule has 0 spiro atoms. The zero-order valence-corrected chi connectivity index (χ0v) is 29.1. The van der Waals surface area contributed by atoms with Crippen LogP contribution in [-0.2, 0) is 39.5 Å². The molecule has 0 amide bonds. The topological polar surface area (TPSA) is 154 Å². The molecule has 0 saturated heterocycles. The predicted octanol–water partition coefficient (Wildman–Crippen LogP) is 5.42. The Hall–Kier alpha value is -4.82. The molecule has 250 valence electrons. The molecule has 6 aromatic rings. The Kier molecular flexibility index (Phi) is 9.73. The van der Waals surface area contributed by atoms with Crippen molar-refractivity contribution in [3.05, 3.63) is 82.4 Å². The Morgan fingerprint density at radius 3 is 1.81 bits per heavy atom. The van der Waals surface area contributed by atoms with Crippen molar-refractivity contribution in [2.24, 2.45) is 0 Å². The molecule has 2 unspecified atom stereocenters. The lowest BCUT2D eigenvalue weighted by Gasteiger charge is -2.14. The van der Waals surface area contributed by atoms with Gasteiger partial charge in [-0.15, -0.1) is 0 Å². The molecule has 0 aliphatic carbocycles. The first-order chi connectivity index (χ1) is 23.2. The van der Waals surface area contributed by atoms with Gasteiger partial charge in [-0.2, -0.15) is 0 Å². The van der Waals surface area contributed by atoms with Crippen LogP contribution in [0.4, 0.5) is 0 Å². The number of aromatic nitrogens is 6. The minimum atomic E-state index is -1.45. The monoisotopic (exact) mass is 688 g/mol. The number of nitrogens with zero attached hydrogens (tertiary/aromatic N) is 4. The zero-order chi connectivity index (χ0) is 33.9. The molecule has 0 radical (unpaired) electrons. The molecule has 48 heavy (non-hydrogen) atoms. The van der Waals surface area contributed by atoms with Gasteiger partial charge in [-0.05, 0) is 45.0 Å². The van der Waals surface area contributed by atoms with Crippen LogP contribution in [-0.4, -0.2) is 66.3 Å². The number of imidazole rings is 2. The smallest absolute Gasteiger partial charge is 0.197 e. The lowest BCUT2D eigenvalue weighted by atomic mass is 10.1. The van der Waals surface area contributed by atoms with Crippen LogP contribution >= 0.6 is 0 Å². The van der Waals surface area contributed by atoms with Crippen molar-refractivity contribution >= 4 is 43.7 Å². The first kappa shape index (κ1) is 33.1. The summed E-state index contributed by atoms with van der Waals surface area (Å²) < 4.78 is 49.0. The van der Waals surface area contributed by atoms with Crippen LogP contribution in [0.2, 0.25) is 0 Å². The quantitative estimate of drug-likeness (QED) is 0.161. The highest BCUT2D eigenvalue weighted by Gasteiger charge is 2.19. The fourth-order valence-electron chi connectivity index (χ4n) is 5.53. The highest BCUT2D eigenvalue weighted by Crippen LogP contribution is 2.29. The van der Waals surface area contributed by atoms with Crippen molar-refractivity contribution in [3.63, 3.8) is 0 Å². The lowest BCUT2D eigenvalue weighted by Crippen LogP contribution is -2.08. The maximum absolute atomic E-state index is 13.2. The number of ether oxygens (including phenoxy) is 4. The lowest BCUT2D eigenvalue weighted by molar-refractivity contribution is 0.318. The molecule has 0 aliphatic rings. The van der Waals surface area contributed by atoms with Crippen LogP contribution in [0.25, 0.3) is 22.1 Å². The summed E-state index contributed by atoms with van der Waals surface area (Å²) in [5.41, 5.74) is 7.73. The number of H-pyrrole nitrogens is 2. The minimum Gasteiger partial charge on any atom is -0.497 e. The van der Waals surface area contributed by atoms with E-state index < -0.39 is 21.6 Å². The fraction of sp³-hybridized carbons (Fsp3) is 0.294. The van der Waals surface area contributed by atoms with Gasteiger partial charge in [0, 0.05) is 53.2 Å². The highest BCUT2D eigenvalue weighted by molar-refractivity contribution is 7.84. The van der Waals surface area contributed by atoms with Gasteiger partial charge in [-0.25, -0.2) is 9.97 Å². The number of pyridine rings is 2. The Morgan fingerprint density at radius 2 is 1.23 bits per heavy atom. The Bertz CT molecular complexity index is 2180. The average Bonchev–Trinajstić information content (AvgIpc) is 3.71. The summed E-state index contributed by atoms with van der Waals surface area (Å²) >= 11 is 0. The van der Waals surface area contributed by atoms with Gasteiger partial charge in [-0.1, -0.05) is 0 Å². The summed E-state index contributed by atoms with van der Waals surface area (Å²) in [6.45, 7) is 6.12. The van der Waals surface area contributed by atoms with Crippen LogP contribution in [0.5, 0.6) is 23.0 Å². The third-order valence-electron chi connectivity index (χ3n) is 8.10. The summed E-state index contributed by atoms with van der Waals surface area (Å²) in [7, 11) is 1.95. The number of aryl methyl sites for hydroxylation is 1. The van der Waals surface area contributed by atoms with E-state index in [1.54, 1.807) is 33.7 Å². The zero-order valence-electron chi connectivity index (χ0n) is 27.5. The third kappa shape index (κ3) is 6.76. The summed E-state index contributed by atoms with van der Waals surface area (Å²) in [4.78, 5) is 24.4. The van der Waals surface area contributed by atoms with Gasteiger partial charge in [0.25, 0.3) is 0 Å². The number of hydrogen-bond acceptors (Lipinski definition) is 10. The Morgan fingerprint density at radius 1 is 0.688 bits per heavy atom. The second kappa shape index (κ2) is 14.1. The normalized spacial score (nSPS) is 12.7. The summed E-state index contributed by atoms with van der Waals surface area (Å²) in [5.74, 6) is 3.16. The van der Waals surface area contributed by atoms with E-state index in [1.165, 1.54) is 0 Å². The van der Waals surface area contributed by atoms with Crippen molar-refractivity contribution in [1.82, 2.24) is 29.9 Å². The molecule has 0 bridgehead atoms. The molecule has 0 saturated carbocycles. The van der Waals surface area contributed by atoms with E-state index >= 15 is 0 Å². The molecule has 0 fully saturated rings. The summed E-state index contributed by atoms with van der Waals surface area (Å²) in [6, 6.07) is 11.0. The predicted molar refractivity (Wildman–Crippen MR) is 184 cm³/mol. The van der Waals surface area contributed by atoms with Crippen LogP contribution < -0.4 is 18.9 Å². The van der Waals surface area contributed by atoms with E-state index in [-0.39, 0.29) is 11.5 Å². The fourth-order valence-corrected chi connectivity index (χ4v) is 7.73. The van der Waals surface area contributed by atoms with Crippen molar-refractivity contribution in [2.75, 3.05) is 27.9 Å². The second-order valence-electron chi connectivity index (χ2n) is 11.2. The van der Waals surface area contributed by atoms with Gasteiger partial charge in [-0.3, -0.25) is 18.4 Å². The number of rotatable bonds is 13. The van der Waals surface area contributed by atoms with E-state index in [1.807, 2.05) is 57.2 Å². The number of benzene rings is 2. The van der Waals surface area contributed by atoms with E-state index in [9.17, 15) is 8.42 Å². The molecular formula is C34H36N6O6S2. The maximum atomic E-state index is 13.2. The first-order valence-electron chi connectivity index (χ1n) is 15.1. The number of nitrogens with one attached hydrogen (secondary N) is 2. The molecule has 2 N–H and O–H groups in total. The molecule has 2 atom stereocenters. The van der Waals surface area contributed by atoms with Gasteiger partial charge >= 0.3 is 0 Å². The van der Waals surface area contributed by atoms with Gasteiger partial charge in [0.15, 0.2) is 10.3 Å². The first-order valence-corrected chi connectivity index (χ1v) is 17.8. The van der Waals surface area contributed by atoms with Crippen LogP contribution in [0, 0.1) is 20.8 Å². The molecule has 4 heterocycles. The van der Waals surface area contributed by atoms with Crippen molar-refractivity contribution in [1.29, 1.82) is 0 Å². The second-order valence-corrected chi connectivity index (χ2v) is 13.9.